The Morgan fingerprint density at radius 3 is 2.60 bits per heavy atom. The Hall–Kier alpha value is -1.35. The summed E-state index contributed by atoms with van der Waals surface area (Å²) in [4.78, 5) is 12.5. The smallest absolute Gasteiger partial charge is 0.229 e. The van der Waals surface area contributed by atoms with Crippen LogP contribution in [0.3, 0.4) is 0 Å². The molecule has 2 N–H and O–H groups in total. The SMILES string of the molecule is CC(C)(C)c1ccccc1NC(=O)C1CC2CCC1N2. The van der Waals surface area contributed by atoms with Gasteiger partial charge in [-0.05, 0) is 36.3 Å². The van der Waals surface area contributed by atoms with Crippen LogP contribution in [0.1, 0.15) is 45.6 Å². The lowest BCUT2D eigenvalue weighted by Crippen LogP contribution is -2.33. The van der Waals surface area contributed by atoms with Gasteiger partial charge in [-0.2, -0.15) is 0 Å². The van der Waals surface area contributed by atoms with Crippen molar-refractivity contribution in [1.82, 2.24) is 5.32 Å². The van der Waals surface area contributed by atoms with E-state index in [1.54, 1.807) is 0 Å². The second kappa shape index (κ2) is 4.88. The quantitative estimate of drug-likeness (QED) is 0.868. The molecule has 108 valence electrons. The number of anilines is 1. The summed E-state index contributed by atoms with van der Waals surface area (Å²) in [6.45, 7) is 6.53. The minimum atomic E-state index is 0.0385. The highest BCUT2D eigenvalue weighted by Gasteiger charge is 2.42. The highest BCUT2D eigenvalue weighted by Crippen LogP contribution is 2.35. The third-order valence-electron chi connectivity index (χ3n) is 4.63. The zero-order valence-electron chi connectivity index (χ0n) is 12.6. The first-order valence-corrected chi connectivity index (χ1v) is 7.61. The second-order valence-corrected chi connectivity index (χ2v) is 7.17. The van der Waals surface area contributed by atoms with Crippen LogP contribution < -0.4 is 10.6 Å². The molecule has 2 fully saturated rings. The molecular formula is C17H24N2O. The molecule has 3 unspecified atom stereocenters. The van der Waals surface area contributed by atoms with Crippen LogP contribution in [0.5, 0.6) is 0 Å². The van der Waals surface area contributed by atoms with Gasteiger partial charge in [-0.25, -0.2) is 0 Å². The normalized spacial score (nSPS) is 28.6. The summed E-state index contributed by atoms with van der Waals surface area (Å²) in [6, 6.07) is 9.10. The molecule has 2 bridgehead atoms. The average Bonchev–Trinajstić information content (AvgIpc) is 3.00. The maximum atomic E-state index is 12.5. The van der Waals surface area contributed by atoms with E-state index in [4.69, 9.17) is 0 Å². The van der Waals surface area contributed by atoms with Gasteiger partial charge in [-0.15, -0.1) is 0 Å². The van der Waals surface area contributed by atoms with Crippen LogP contribution in [0.4, 0.5) is 5.69 Å². The molecule has 3 heteroatoms. The molecule has 2 aliphatic heterocycles. The predicted octanol–water partition coefficient (Wildman–Crippen LogP) is 3.06. The molecule has 0 spiro atoms. The monoisotopic (exact) mass is 272 g/mol. The Morgan fingerprint density at radius 2 is 2.00 bits per heavy atom. The van der Waals surface area contributed by atoms with E-state index in [0.717, 1.165) is 18.5 Å². The maximum absolute atomic E-state index is 12.5. The minimum Gasteiger partial charge on any atom is -0.326 e. The summed E-state index contributed by atoms with van der Waals surface area (Å²) in [5.74, 6) is 0.322. The van der Waals surface area contributed by atoms with Crippen molar-refractivity contribution in [1.29, 1.82) is 0 Å². The molecule has 3 nitrogen and oxygen atoms in total. The van der Waals surface area contributed by atoms with E-state index in [1.807, 2.05) is 18.2 Å². The lowest BCUT2D eigenvalue weighted by molar-refractivity contribution is -0.120. The highest BCUT2D eigenvalue weighted by atomic mass is 16.2. The molecule has 0 radical (unpaired) electrons. The van der Waals surface area contributed by atoms with Gasteiger partial charge in [-0.3, -0.25) is 4.79 Å². The summed E-state index contributed by atoms with van der Waals surface area (Å²) < 4.78 is 0. The van der Waals surface area contributed by atoms with Gasteiger partial charge in [0, 0.05) is 17.8 Å². The van der Waals surface area contributed by atoms with E-state index >= 15 is 0 Å². The fourth-order valence-electron chi connectivity index (χ4n) is 3.59. The largest absolute Gasteiger partial charge is 0.326 e. The van der Waals surface area contributed by atoms with Crippen molar-refractivity contribution in [2.24, 2.45) is 5.92 Å². The Bertz CT molecular complexity index is 518. The number of amides is 1. The first-order chi connectivity index (χ1) is 9.45. The Labute approximate surface area is 121 Å². The van der Waals surface area contributed by atoms with Crippen molar-refractivity contribution in [2.75, 3.05) is 5.32 Å². The number of hydrogen-bond acceptors (Lipinski definition) is 2. The Morgan fingerprint density at radius 1 is 1.25 bits per heavy atom. The van der Waals surface area contributed by atoms with Crippen LogP contribution in [0.15, 0.2) is 24.3 Å². The topological polar surface area (TPSA) is 41.1 Å². The van der Waals surface area contributed by atoms with Gasteiger partial charge in [-0.1, -0.05) is 39.0 Å². The number of benzene rings is 1. The van der Waals surface area contributed by atoms with Gasteiger partial charge in [0.25, 0.3) is 0 Å². The third kappa shape index (κ3) is 2.47. The molecule has 0 aliphatic carbocycles. The molecule has 3 rings (SSSR count). The van der Waals surface area contributed by atoms with Gasteiger partial charge in [0.15, 0.2) is 0 Å². The van der Waals surface area contributed by atoms with Gasteiger partial charge >= 0.3 is 0 Å². The molecular weight excluding hydrogens is 248 g/mol. The van der Waals surface area contributed by atoms with Crippen molar-refractivity contribution >= 4 is 11.6 Å². The van der Waals surface area contributed by atoms with Crippen LogP contribution in [0, 0.1) is 5.92 Å². The molecule has 3 atom stereocenters. The van der Waals surface area contributed by atoms with E-state index in [-0.39, 0.29) is 17.2 Å². The predicted molar refractivity (Wildman–Crippen MR) is 81.8 cm³/mol. The van der Waals surface area contributed by atoms with E-state index in [0.29, 0.717) is 12.1 Å². The summed E-state index contributed by atoms with van der Waals surface area (Å²) in [6.07, 6.45) is 3.37. The highest BCUT2D eigenvalue weighted by molar-refractivity contribution is 5.94. The number of carbonyl (C=O) groups excluding carboxylic acids is 1. The summed E-state index contributed by atoms with van der Waals surface area (Å²) in [5, 5.41) is 6.69. The lowest BCUT2D eigenvalue weighted by Gasteiger charge is -2.25. The van der Waals surface area contributed by atoms with Crippen LogP contribution in [-0.4, -0.2) is 18.0 Å². The van der Waals surface area contributed by atoms with Gasteiger partial charge in [0.05, 0.1) is 5.92 Å². The van der Waals surface area contributed by atoms with Crippen molar-refractivity contribution in [3.05, 3.63) is 29.8 Å². The summed E-state index contributed by atoms with van der Waals surface area (Å²) in [7, 11) is 0. The van der Waals surface area contributed by atoms with Gasteiger partial charge in [0.2, 0.25) is 5.91 Å². The molecule has 0 aromatic heterocycles. The first-order valence-electron chi connectivity index (χ1n) is 7.61. The molecule has 2 heterocycles. The van der Waals surface area contributed by atoms with E-state index in [2.05, 4.69) is 37.5 Å². The Balaban J connectivity index is 1.77. The number of rotatable bonds is 2. The van der Waals surface area contributed by atoms with Crippen molar-refractivity contribution in [3.63, 3.8) is 0 Å². The number of fused-ring (bicyclic) bond motifs is 2. The molecule has 20 heavy (non-hydrogen) atoms. The standard InChI is InChI=1S/C17H24N2O/c1-17(2,3)13-6-4-5-7-15(13)19-16(20)12-10-11-8-9-14(12)18-11/h4-7,11-12,14,18H,8-10H2,1-3H3,(H,19,20). The molecule has 1 amide bonds. The van der Waals surface area contributed by atoms with E-state index < -0.39 is 0 Å². The summed E-state index contributed by atoms with van der Waals surface area (Å²) >= 11 is 0. The Kier molecular flexibility index (Phi) is 3.33. The fraction of sp³-hybridized carbons (Fsp3) is 0.588. The van der Waals surface area contributed by atoms with E-state index in [1.165, 1.54) is 12.0 Å². The van der Waals surface area contributed by atoms with Crippen LogP contribution in [0.25, 0.3) is 0 Å². The average molecular weight is 272 g/mol. The molecule has 2 saturated heterocycles. The van der Waals surface area contributed by atoms with Crippen molar-refractivity contribution < 1.29 is 4.79 Å². The molecule has 1 aromatic rings. The molecule has 2 aliphatic rings. The first kappa shape index (κ1) is 13.6. The number of hydrogen-bond donors (Lipinski definition) is 2. The minimum absolute atomic E-state index is 0.0385. The van der Waals surface area contributed by atoms with Gasteiger partial charge < -0.3 is 10.6 Å². The fourth-order valence-corrected chi connectivity index (χ4v) is 3.59. The van der Waals surface area contributed by atoms with E-state index in [9.17, 15) is 4.79 Å². The summed E-state index contributed by atoms with van der Waals surface area (Å²) in [5.41, 5.74) is 2.20. The maximum Gasteiger partial charge on any atom is 0.229 e. The zero-order valence-corrected chi connectivity index (χ0v) is 12.6. The van der Waals surface area contributed by atoms with Crippen molar-refractivity contribution in [3.8, 4) is 0 Å². The van der Waals surface area contributed by atoms with Crippen LogP contribution in [0.2, 0.25) is 0 Å². The molecule has 0 saturated carbocycles. The van der Waals surface area contributed by atoms with Crippen molar-refractivity contribution in [2.45, 2.75) is 57.5 Å². The zero-order chi connectivity index (χ0) is 14.3. The number of para-hydroxylation sites is 1. The molecule has 1 aromatic carbocycles. The van der Waals surface area contributed by atoms with Crippen LogP contribution >= 0.6 is 0 Å². The third-order valence-corrected chi connectivity index (χ3v) is 4.63. The van der Waals surface area contributed by atoms with Gasteiger partial charge in [0.1, 0.15) is 0 Å². The number of nitrogens with one attached hydrogen (secondary N) is 2. The lowest BCUT2D eigenvalue weighted by atomic mass is 9.85. The number of carbonyl (C=O) groups is 1. The second-order valence-electron chi connectivity index (χ2n) is 7.17. The van der Waals surface area contributed by atoms with Crippen LogP contribution in [-0.2, 0) is 10.2 Å².